The van der Waals surface area contributed by atoms with Gasteiger partial charge in [0.15, 0.2) is 0 Å². The molecular weight excluding hydrogens is 1090 g/mol. The van der Waals surface area contributed by atoms with Gasteiger partial charge in [-0.3, -0.25) is 13.8 Å². The fraction of sp³-hybridized carbons (Fsp3) is 0.705. The summed E-state index contributed by atoms with van der Waals surface area (Å²) in [5.74, 6) is -0.183. The molecule has 0 radical (unpaired) electrons. The Kier molecular flexibility index (Phi) is 64.5. The maximum atomic E-state index is 13.1. The van der Waals surface area contributed by atoms with E-state index in [2.05, 4.69) is 141 Å². The Morgan fingerprint density at radius 3 is 1.01 bits per heavy atom. The summed E-state index contributed by atoms with van der Waals surface area (Å²) >= 11 is 0. The molecule has 0 heterocycles. The molecule has 0 bridgehead atoms. The number of phosphoric ester groups is 1. The first-order valence-electron chi connectivity index (χ1n) is 36.1. The number of nitrogens with zero attached hydrogens (tertiary/aromatic N) is 1. The summed E-state index contributed by atoms with van der Waals surface area (Å²) < 4.78 is 23.8. The third-order valence-corrected chi connectivity index (χ3v) is 16.6. The summed E-state index contributed by atoms with van der Waals surface area (Å²) in [5, 5.41) is 14.0. The molecule has 0 aromatic heterocycles. The average molecular weight is 1230 g/mol. The van der Waals surface area contributed by atoms with Gasteiger partial charge in [-0.15, -0.1) is 0 Å². The van der Waals surface area contributed by atoms with Crippen molar-refractivity contribution in [3.05, 3.63) is 134 Å². The number of aliphatic hydroxyl groups excluding tert-OH is 1. The van der Waals surface area contributed by atoms with Gasteiger partial charge in [-0.25, -0.2) is 4.57 Å². The molecule has 0 fully saturated rings. The minimum absolute atomic E-state index is 0.0556. The number of amides is 1. The molecule has 0 saturated heterocycles. The summed E-state index contributed by atoms with van der Waals surface area (Å²) in [6.07, 6.45) is 102. The number of rotatable bonds is 65. The predicted octanol–water partition coefficient (Wildman–Crippen LogP) is 23.4. The van der Waals surface area contributed by atoms with Crippen molar-refractivity contribution in [3.63, 3.8) is 0 Å². The molecule has 0 spiro atoms. The smallest absolute Gasteiger partial charge is 0.387 e. The van der Waals surface area contributed by atoms with Gasteiger partial charge in [-0.05, 0) is 96.3 Å². The zero-order chi connectivity index (χ0) is 63.4. The summed E-state index contributed by atoms with van der Waals surface area (Å²) in [4.78, 5) is 23.4. The molecule has 500 valence electrons. The van der Waals surface area contributed by atoms with Gasteiger partial charge in [-0.2, -0.15) is 0 Å². The minimum Gasteiger partial charge on any atom is -0.387 e. The number of hydrogen-bond donors (Lipinski definition) is 3. The van der Waals surface area contributed by atoms with Crippen molar-refractivity contribution in [1.29, 1.82) is 0 Å². The van der Waals surface area contributed by atoms with E-state index in [1.165, 1.54) is 173 Å². The summed E-state index contributed by atoms with van der Waals surface area (Å²) in [5.41, 5.74) is 0. The molecule has 3 atom stereocenters. The second-order valence-electron chi connectivity index (χ2n) is 25.2. The third-order valence-electron chi connectivity index (χ3n) is 15.6. The first kappa shape index (κ1) is 83.6. The lowest BCUT2D eigenvalue weighted by Crippen LogP contribution is -2.45. The molecule has 8 nitrogen and oxygen atoms in total. The van der Waals surface area contributed by atoms with Gasteiger partial charge in [0.05, 0.1) is 39.9 Å². The summed E-state index contributed by atoms with van der Waals surface area (Å²) in [6, 6.07) is -0.859. The molecule has 0 aliphatic rings. The van der Waals surface area contributed by atoms with Crippen LogP contribution in [-0.2, 0) is 18.4 Å². The fourth-order valence-corrected chi connectivity index (χ4v) is 10.8. The van der Waals surface area contributed by atoms with E-state index in [1.807, 2.05) is 27.2 Å². The van der Waals surface area contributed by atoms with Crippen molar-refractivity contribution in [2.24, 2.45) is 0 Å². The van der Waals surface area contributed by atoms with E-state index in [0.29, 0.717) is 17.4 Å². The van der Waals surface area contributed by atoms with Crippen molar-refractivity contribution in [3.8, 4) is 0 Å². The highest BCUT2D eigenvalue weighted by Crippen LogP contribution is 2.43. The molecule has 0 aromatic carbocycles. The molecule has 3 N–H and O–H groups in total. The number of nitrogens with one attached hydrogen (secondary N) is 1. The zero-order valence-electron chi connectivity index (χ0n) is 57.2. The Labute approximate surface area is 538 Å². The summed E-state index contributed by atoms with van der Waals surface area (Å²) in [7, 11) is 1.56. The van der Waals surface area contributed by atoms with E-state index in [-0.39, 0.29) is 19.1 Å². The van der Waals surface area contributed by atoms with E-state index in [4.69, 9.17) is 9.05 Å². The van der Waals surface area contributed by atoms with Crippen LogP contribution >= 0.6 is 7.82 Å². The van der Waals surface area contributed by atoms with Gasteiger partial charge in [0.25, 0.3) is 0 Å². The van der Waals surface area contributed by atoms with Gasteiger partial charge in [0.1, 0.15) is 13.2 Å². The maximum Gasteiger partial charge on any atom is 0.472 e. The number of quaternary nitrogens is 1. The van der Waals surface area contributed by atoms with E-state index in [9.17, 15) is 19.4 Å². The Balaban J connectivity index is 4.11. The van der Waals surface area contributed by atoms with Crippen LogP contribution in [0, 0.1) is 0 Å². The van der Waals surface area contributed by atoms with Gasteiger partial charge in [0, 0.05) is 6.42 Å². The van der Waals surface area contributed by atoms with Crippen LogP contribution in [-0.4, -0.2) is 73.4 Å². The van der Waals surface area contributed by atoms with E-state index >= 15 is 0 Å². The quantitative estimate of drug-likeness (QED) is 0.0243. The van der Waals surface area contributed by atoms with E-state index in [1.54, 1.807) is 6.08 Å². The summed E-state index contributed by atoms with van der Waals surface area (Å²) in [6.45, 7) is 4.72. The van der Waals surface area contributed by atoms with Crippen LogP contribution in [0.5, 0.6) is 0 Å². The second kappa shape index (κ2) is 67.0. The monoisotopic (exact) mass is 1230 g/mol. The number of phosphoric acid groups is 1. The Bertz CT molecular complexity index is 1880. The Morgan fingerprint density at radius 1 is 0.402 bits per heavy atom. The van der Waals surface area contributed by atoms with Gasteiger partial charge >= 0.3 is 7.82 Å². The zero-order valence-corrected chi connectivity index (χ0v) is 58.1. The fourth-order valence-electron chi connectivity index (χ4n) is 10.1. The maximum absolute atomic E-state index is 13.1. The van der Waals surface area contributed by atoms with Crippen LogP contribution in [0.2, 0.25) is 0 Å². The van der Waals surface area contributed by atoms with Crippen LogP contribution in [0.1, 0.15) is 303 Å². The highest BCUT2D eigenvalue weighted by Gasteiger charge is 2.28. The molecule has 3 unspecified atom stereocenters. The Morgan fingerprint density at radius 2 is 0.690 bits per heavy atom. The molecule has 0 aromatic rings. The lowest BCUT2D eigenvalue weighted by atomic mass is 10.0. The number of unbranched alkanes of at least 4 members (excludes halogenated alkanes) is 32. The number of likely N-dealkylation sites (N-methyl/N-ethyl adjacent to an activating group) is 1. The molecule has 87 heavy (non-hydrogen) atoms. The number of carbonyl (C=O) groups is 1. The van der Waals surface area contributed by atoms with E-state index in [0.717, 1.165) is 109 Å². The standard InChI is InChI=1S/C78H137N2O6P/c1-6-8-10-12-14-16-18-20-22-24-26-28-30-32-33-34-35-36-37-38-39-40-41-42-43-44-45-46-47-48-50-52-54-56-58-60-62-64-66-68-70-72-78(82)79-76(75-86-87(83,84)85-74-73-80(3,4)5)77(81)71-69-67-65-63-61-59-57-55-53-51-49-31-29-27-25-23-21-19-17-15-13-11-9-7-2/h8,10,14,16,20,22,26,28,32-33,35-36,38-39,41-42,44-45,47-48,69,71,76-77,81H,6-7,9,11-13,15,17-19,21,23-25,27,29-31,34,37,40,43,46,49-68,70,72-75H2,1-5H3,(H-,79,82,83,84)/p+1/b10-8-,16-14-,22-20-,28-26-,33-32-,36-35-,39-38-,42-41-,45-44-,48-47-,71-69+. The average Bonchev–Trinajstić information content (AvgIpc) is 3.71. The number of hydrogen-bond acceptors (Lipinski definition) is 5. The van der Waals surface area contributed by atoms with Crippen molar-refractivity contribution in [1.82, 2.24) is 5.32 Å². The molecule has 0 rings (SSSR count). The first-order chi connectivity index (χ1) is 42.5. The molecule has 0 saturated carbocycles. The van der Waals surface area contributed by atoms with Crippen molar-refractivity contribution < 1.29 is 32.9 Å². The van der Waals surface area contributed by atoms with Crippen LogP contribution in [0.4, 0.5) is 0 Å². The van der Waals surface area contributed by atoms with Gasteiger partial charge in [0.2, 0.25) is 5.91 Å². The molecule has 0 aliphatic carbocycles. The number of allylic oxidation sites excluding steroid dienone is 21. The van der Waals surface area contributed by atoms with E-state index < -0.39 is 20.0 Å². The largest absolute Gasteiger partial charge is 0.472 e. The molecular formula is C78H138N2O6P+. The Hall–Kier alpha value is -3.36. The van der Waals surface area contributed by atoms with Crippen LogP contribution < -0.4 is 5.32 Å². The molecule has 0 aliphatic heterocycles. The van der Waals surface area contributed by atoms with Crippen molar-refractivity contribution in [2.45, 2.75) is 315 Å². The lowest BCUT2D eigenvalue weighted by Gasteiger charge is -2.25. The lowest BCUT2D eigenvalue weighted by molar-refractivity contribution is -0.870. The number of carbonyl (C=O) groups excluding carboxylic acids is 1. The SMILES string of the molecule is CC/C=C\C/C=C\C/C=C\C/C=C\C/C=C\C/C=C\C/C=C\C/C=C\C/C=C\C/C=C\CCCCCCCCCCCCC(=O)NC(COP(=O)(O)OCC[N+](C)(C)C)C(O)/C=C/CCCCCCCCCCCCCCCCCCCCCCCC. The van der Waals surface area contributed by atoms with Gasteiger partial charge in [-0.1, -0.05) is 334 Å². The second-order valence-corrected chi connectivity index (χ2v) is 26.7. The van der Waals surface area contributed by atoms with Crippen LogP contribution in [0.3, 0.4) is 0 Å². The van der Waals surface area contributed by atoms with Crippen molar-refractivity contribution in [2.75, 3.05) is 40.9 Å². The van der Waals surface area contributed by atoms with Crippen LogP contribution in [0.25, 0.3) is 0 Å². The van der Waals surface area contributed by atoms with Crippen LogP contribution in [0.15, 0.2) is 134 Å². The highest BCUT2D eigenvalue weighted by molar-refractivity contribution is 7.47. The topological polar surface area (TPSA) is 105 Å². The molecule has 1 amide bonds. The van der Waals surface area contributed by atoms with Crippen molar-refractivity contribution >= 4 is 13.7 Å². The number of aliphatic hydroxyl groups is 1. The molecule has 9 heteroatoms. The normalized spacial score (nSPS) is 14.4. The van der Waals surface area contributed by atoms with Gasteiger partial charge < -0.3 is 19.8 Å². The highest BCUT2D eigenvalue weighted by atomic mass is 31.2. The predicted molar refractivity (Wildman–Crippen MR) is 382 cm³/mol. The first-order valence-corrected chi connectivity index (χ1v) is 37.6. The third kappa shape index (κ3) is 70.0. The minimum atomic E-state index is -4.36.